The number of aromatic nitrogens is 2. The van der Waals surface area contributed by atoms with Gasteiger partial charge < -0.3 is 19.6 Å². The predicted molar refractivity (Wildman–Crippen MR) is 306 cm³/mol. The molecule has 2 aliphatic rings. The van der Waals surface area contributed by atoms with E-state index in [2.05, 4.69) is 226 Å². The average Bonchev–Trinajstić information content (AvgIpc) is 4.00. The number of hydrogen-bond donors (Lipinski definition) is 2. The number of thiophene rings is 1. The first-order chi connectivity index (χ1) is 35.6. The van der Waals surface area contributed by atoms with Crippen LogP contribution in [0, 0.1) is 0 Å². The topological polar surface area (TPSA) is 42.1 Å². The summed E-state index contributed by atoms with van der Waals surface area (Å²) in [6.45, 7) is 0. The Morgan fingerprint density at radius 1 is 0.514 bits per heavy atom. The van der Waals surface area contributed by atoms with Gasteiger partial charge in [0.2, 0.25) is 0 Å². The number of rotatable bonds is 8. The van der Waals surface area contributed by atoms with Gasteiger partial charge >= 0.3 is 0 Å². The zero-order valence-electron chi connectivity index (χ0n) is 39.2. The van der Waals surface area contributed by atoms with Gasteiger partial charge in [0, 0.05) is 75.9 Å². The fourth-order valence-electron chi connectivity index (χ4n) is 11.2. The molecular formula is C67H45N3OS. The Morgan fingerprint density at radius 2 is 1.26 bits per heavy atom. The quantitative estimate of drug-likeness (QED) is 0.149. The fraction of sp³-hybridized carbons (Fsp3) is 0.0299. The van der Waals surface area contributed by atoms with Gasteiger partial charge in [0.05, 0.1) is 16.6 Å². The normalized spacial score (nSPS) is 13.1. The van der Waals surface area contributed by atoms with Gasteiger partial charge in [0.1, 0.15) is 5.75 Å². The molecule has 9 aromatic carbocycles. The highest BCUT2D eigenvalue weighted by Crippen LogP contribution is 2.46. The Hall–Kier alpha value is -9.12. The molecular weight excluding hydrogens is 895 g/mol. The SMILES string of the molecule is Oc1ccc(-c2ccc3c(c2)c2ccccc2n3C2=CC=C=CC=C2)cc1-c1cccc(-n2c3c(c4c5sc6ccc(-c7cccc(Nc8ccccc8-c8ccccc8)c7)cc6c5ccc42)CCC=C3)c1. The summed E-state index contributed by atoms with van der Waals surface area (Å²) in [7, 11) is 0. The van der Waals surface area contributed by atoms with Crippen LogP contribution >= 0.6 is 11.3 Å². The van der Waals surface area contributed by atoms with Gasteiger partial charge in [-0.25, -0.2) is 0 Å². The van der Waals surface area contributed by atoms with Crippen LogP contribution in [0.25, 0.3) is 115 Å². The van der Waals surface area contributed by atoms with Crippen LogP contribution in [0.4, 0.5) is 11.4 Å². The molecule has 5 heteroatoms. The lowest BCUT2D eigenvalue weighted by atomic mass is 9.96. The molecule has 0 saturated carbocycles. The van der Waals surface area contributed by atoms with Crippen molar-refractivity contribution in [3.05, 3.63) is 248 Å². The van der Waals surface area contributed by atoms with E-state index in [1.807, 2.05) is 41.7 Å². The van der Waals surface area contributed by atoms with E-state index in [-0.39, 0.29) is 5.75 Å². The molecule has 0 unspecified atom stereocenters. The van der Waals surface area contributed by atoms with Gasteiger partial charge in [-0.1, -0.05) is 127 Å². The molecule has 0 radical (unpaired) electrons. The van der Waals surface area contributed by atoms with Gasteiger partial charge in [-0.2, -0.15) is 0 Å². The zero-order chi connectivity index (χ0) is 47.7. The summed E-state index contributed by atoms with van der Waals surface area (Å²) in [5.74, 6) is 0.254. The average molecular weight is 940 g/mol. The number of phenols is 1. The minimum Gasteiger partial charge on any atom is -0.507 e. The number of aryl methyl sites for hydroxylation is 1. The number of aromatic hydroxyl groups is 1. The molecule has 3 aromatic heterocycles. The van der Waals surface area contributed by atoms with Crippen LogP contribution in [0.2, 0.25) is 0 Å². The van der Waals surface area contributed by atoms with Crippen LogP contribution in [-0.2, 0) is 6.42 Å². The molecule has 0 bridgehead atoms. The number of allylic oxidation sites excluding steroid dienone is 6. The molecule has 0 spiro atoms. The first-order valence-corrected chi connectivity index (χ1v) is 25.4. The van der Waals surface area contributed by atoms with Crippen LogP contribution < -0.4 is 5.32 Å². The summed E-state index contributed by atoms with van der Waals surface area (Å²) in [6, 6.07) is 69.4. The van der Waals surface area contributed by atoms with Crippen LogP contribution in [0.5, 0.6) is 5.75 Å². The maximum Gasteiger partial charge on any atom is 0.123 e. The number of nitrogens with zero attached hydrogens (tertiary/aromatic N) is 2. The molecule has 4 nitrogen and oxygen atoms in total. The van der Waals surface area contributed by atoms with Gasteiger partial charge in [0.25, 0.3) is 0 Å². The van der Waals surface area contributed by atoms with E-state index in [0.29, 0.717) is 0 Å². The molecule has 0 amide bonds. The third-order valence-corrected chi connectivity index (χ3v) is 15.7. The Kier molecular flexibility index (Phi) is 9.92. The van der Waals surface area contributed by atoms with E-state index in [9.17, 15) is 5.11 Å². The largest absolute Gasteiger partial charge is 0.507 e. The maximum atomic E-state index is 11.6. The van der Waals surface area contributed by atoms with Gasteiger partial charge in [-0.3, -0.25) is 0 Å². The number of hydrogen-bond acceptors (Lipinski definition) is 3. The number of benzene rings is 9. The molecule has 2 N–H and O–H groups in total. The van der Waals surface area contributed by atoms with Crippen molar-refractivity contribution < 1.29 is 5.11 Å². The molecule has 14 rings (SSSR count). The highest BCUT2D eigenvalue weighted by Gasteiger charge is 2.23. The summed E-state index contributed by atoms with van der Waals surface area (Å²) in [5, 5.41) is 21.6. The Bertz CT molecular complexity index is 4360. The standard InChI is InChI=1S/C67H45N3OS/c71-64-36-31-46(45-30-34-62-57(41-45)53-25-9-12-28-60(53)69(62)50-21-6-1-2-7-22-50)40-56(64)48-19-15-23-51(39-48)70-61-29-13-10-26-55(61)66-63(70)35-33-54-58-42-47(32-37-65(58)72-67(54)66)44-18-14-20-49(38-44)68-59-27-11-8-24-52(59)43-16-4-3-5-17-43/h1,3-9,11-25,27-42,68,71H,10,26H2. The van der Waals surface area contributed by atoms with Crippen molar-refractivity contribution >= 4 is 87.4 Å². The summed E-state index contributed by atoms with van der Waals surface area (Å²) >= 11 is 1.90. The van der Waals surface area contributed by atoms with Crippen molar-refractivity contribution in [3.63, 3.8) is 0 Å². The second-order valence-electron chi connectivity index (χ2n) is 18.7. The first kappa shape index (κ1) is 41.8. The monoisotopic (exact) mass is 939 g/mol. The molecule has 2 aliphatic carbocycles. The van der Waals surface area contributed by atoms with Crippen LogP contribution in [-0.4, -0.2) is 14.2 Å². The molecule has 12 aromatic rings. The highest BCUT2D eigenvalue weighted by molar-refractivity contribution is 7.26. The lowest BCUT2D eigenvalue weighted by Crippen LogP contribution is -2.00. The molecule has 340 valence electrons. The predicted octanol–water partition coefficient (Wildman–Crippen LogP) is 18.3. The van der Waals surface area contributed by atoms with Crippen molar-refractivity contribution in [1.29, 1.82) is 0 Å². The maximum absolute atomic E-state index is 11.6. The summed E-state index contributed by atoms with van der Waals surface area (Å²) < 4.78 is 7.37. The fourth-order valence-corrected chi connectivity index (χ4v) is 12.4. The smallest absolute Gasteiger partial charge is 0.123 e. The van der Waals surface area contributed by atoms with E-state index in [1.54, 1.807) is 0 Å². The second kappa shape index (κ2) is 17.1. The molecule has 72 heavy (non-hydrogen) atoms. The summed E-state index contributed by atoms with van der Waals surface area (Å²) in [6.07, 6.45) is 16.8. The minimum atomic E-state index is 0.254. The van der Waals surface area contributed by atoms with Crippen LogP contribution in [0.3, 0.4) is 0 Å². The lowest BCUT2D eigenvalue weighted by Gasteiger charge is -2.14. The summed E-state index contributed by atoms with van der Waals surface area (Å²) in [5.41, 5.74) is 22.2. The Labute approximate surface area is 421 Å². The number of fused-ring (bicyclic) bond motifs is 10. The number of anilines is 2. The highest BCUT2D eigenvalue weighted by atomic mass is 32.1. The van der Waals surface area contributed by atoms with E-state index in [1.165, 1.54) is 75.4 Å². The number of phenolic OH excluding ortho intramolecular Hbond substituents is 1. The molecule has 0 atom stereocenters. The number of para-hydroxylation sites is 2. The van der Waals surface area contributed by atoms with Crippen molar-refractivity contribution in [1.82, 2.24) is 9.13 Å². The third kappa shape index (κ3) is 6.98. The van der Waals surface area contributed by atoms with Crippen LogP contribution in [0.15, 0.2) is 236 Å². The molecule has 0 aliphatic heterocycles. The van der Waals surface area contributed by atoms with Gasteiger partial charge in [0.15, 0.2) is 0 Å². The first-order valence-electron chi connectivity index (χ1n) is 24.6. The molecule has 3 heterocycles. The van der Waals surface area contributed by atoms with Gasteiger partial charge in [-0.15, -0.1) is 17.1 Å². The van der Waals surface area contributed by atoms with E-state index in [0.717, 1.165) is 68.9 Å². The molecule has 0 fully saturated rings. The second-order valence-corrected chi connectivity index (χ2v) is 19.8. The molecule has 0 saturated heterocycles. The third-order valence-electron chi connectivity index (χ3n) is 14.5. The van der Waals surface area contributed by atoms with Crippen molar-refractivity contribution in [2.45, 2.75) is 12.8 Å². The van der Waals surface area contributed by atoms with Crippen LogP contribution in [0.1, 0.15) is 17.7 Å². The van der Waals surface area contributed by atoms with E-state index < -0.39 is 0 Å². The van der Waals surface area contributed by atoms with E-state index in [4.69, 9.17) is 0 Å². The minimum absolute atomic E-state index is 0.254. The zero-order valence-corrected chi connectivity index (χ0v) is 40.0. The summed E-state index contributed by atoms with van der Waals surface area (Å²) in [4.78, 5) is 0. The van der Waals surface area contributed by atoms with Gasteiger partial charge in [-0.05, 0) is 161 Å². The van der Waals surface area contributed by atoms with Crippen molar-refractivity contribution in [2.24, 2.45) is 0 Å². The van der Waals surface area contributed by atoms with Crippen molar-refractivity contribution in [2.75, 3.05) is 5.32 Å². The number of nitrogens with one attached hydrogen (secondary N) is 1. The lowest BCUT2D eigenvalue weighted by molar-refractivity contribution is 0.477. The van der Waals surface area contributed by atoms with E-state index >= 15 is 0 Å². The van der Waals surface area contributed by atoms with Crippen molar-refractivity contribution in [3.8, 4) is 55.9 Å². The Balaban J connectivity index is 0.826. The Morgan fingerprint density at radius 3 is 2.21 bits per heavy atom.